The van der Waals surface area contributed by atoms with E-state index < -0.39 is 5.00 Å². The number of hydrogen-bond donors (Lipinski definition) is 1. The number of nitrogens with zero attached hydrogens (tertiary/aromatic N) is 1. The van der Waals surface area contributed by atoms with Crippen LogP contribution in [0.1, 0.15) is 20.3 Å². The van der Waals surface area contributed by atoms with Crippen LogP contribution in [0, 0.1) is 0 Å². The summed E-state index contributed by atoms with van der Waals surface area (Å²) in [6.07, 6.45) is 0.443. The second kappa shape index (κ2) is 4.72. The third-order valence-electron chi connectivity index (χ3n) is 4.23. The largest absolute Gasteiger partial charge is 0.375 e. The molecule has 2 bridgehead atoms. The van der Waals surface area contributed by atoms with Gasteiger partial charge in [0.25, 0.3) is 5.91 Å². The Labute approximate surface area is 124 Å². The molecule has 4 nitrogen and oxygen atoms in total. The normalized spacial score (nSPS) is 36.5. The molecule has 3 heterocycles. The molecule has 108 valence electrons. The van der Waals surface area contributed by atoms with E-state index in [0.717, 1.165) is 12.1 Å². The fraction of sp³-hybridized carbons (Fsp3) is 0.533. The molecule has 0 aromatic heterocycles. The maximum atomic E-state index is 12.9. The van der Waals surface area contributed by atoms with E-state index in [1.807, 2.05) is 42.2 Å². The number of benzene rings is 1. The summed E-state index contributed by atoms with van der Waals surface area (Å²) >= 11 is 6.57. The summed E-state index contributed by atoms with van der Waals surface area (Å²) in [5.74, 6) is -0.121. The van der Waals surface area contributed by atoms with Gasteiger partial charge in [0.2, 0.25) is 0 Å². The Morgan fingerprint density at radius 1 is 1.45 bits per heavy atom. The molecule has 20 heavy (non-hydrogen) atoms. The summed E-state index contributed by atoms with van der Waals surface area (Å²) < 4.78 is 5.70. The maximum Gasteiger partial charge on any atom is 0.266 e. The van der Waals surface area contributed by atoms with Gasteiger partial charge in [0.1, 0.15) is 6.10 Å². The molecule has 1 aromatic carbocycles. The fourth-order valence-corrected chi connectivity index (χ4v) is 3.51. The predicted octanol–water partition coefficient (Wildman–Crippen LogP) is 2.13. The number of carbonyl (C=O) groups excluding carboxylic acids is 1. The molecule has 3 aliphatic rings. The van der Waals surface area contributed by atoms with Crippen LogP contribution < -0.4 is 10.2 Å². The van der Waals surface area contributed by atoms with Crippen molar-refractivity contribution in [3.63, 3.8) is 0 Å². The second-order valence-corrected chi connectivity index (χ2v) is 6.28. The third-order valence-corrected chi connectivity index (χ3v) is 4.77. The van der Waals surface area contributed by atoms with Gasteiger partial charge < -0.3 is 9.64 Å². The smallest absolute Gasteiger partial charge is 0.266 e. The average molecular weight is 295 g/mol. The van der Waals surface area contributed by atoms with Crippen molar-refractivity contribution in [1.29, 1.82) is 0 Å². The molecule has 1 amide bonds. The Balaban J connectivity index is 2.01. The molecule has 0 spiro atoms. The van der Waals surface area contributed by atoms with Gasteiger partial charge in [-0.25, -0.2) is 0 Å². The first-order valence-electron chi connectivity index (χ1n) is 6.96. The standard InChI is InChI=1S/C15H19ClN2O2/c1-3-20-12-9-14(2)10-17-15(12,16)13(19)18(14)11-7-5-4-6-8-11/h4-8,12,17H,3,9-10H2,1-2H3/t12-,14+,15+/m0/s1. The molecule has 0 radical (unpaired) electrons. The number of piperidine rings is 2. The van der Waals surface area contributed by atoms with Gasteiger partial charge in [0.15, 0.2) is 5.00 Å². The van der Waals surface area contributed by atoms with Gasteiger partial charge >= 0.3 is 0 Å². The Hall–Kier alpha value is -1.10. The first kappa shape index (κ1) is 13.9. The third kappa shape index (κ3) is 1.86. The Kier molecular flexibility index (Phi) is 3.27. The van der Waals surface area contributed by atoms with Crippen LogP contribution in [0.15, 0.2) is 30.3 Å². The van der Waals surface area contributed by atoms with Crippen LogP contribution in [0.2, 0.25) is 0 Å². The fourth-order valence-electron chi connectivity index (χ4n) is 3.22. The highest BCUT2D eigenvalue weighted by atomic mass is 35.5. The molecule has 3 aliphatic heterocycles. The molecule has 3 saturated heterocycles. The molecule has 5 heteroatoms. The van der Waals surface area contributed by atoms with E-state index in [1.54, 1.807) is 0 Å². The lowest BCUT2D eigenvalue weighted by Crippen LogP contribution is -2.80. The Morgan fingerprint density at radius 2 is 2.15 bits per heavy atom. The van der Waals surface area contributed by atoms with E-state index in [9.17, 15) is 4.79 Å². The molecule has 0 unspecified atom stereocenters. The van der Waals surface area contributed by atoms with E-state index in [0.29, 0.717) is 13.2 Å². The zero-order chi connectivity index (χ0) is 14.4. The van der Waals surface area contributed by atoms with E-state index in [-0.39, 0.29) is 17.6 Å². The van der Waals surface area contributed by atoms with Gasteiger partial charge in [0.05, 0.1) is 5.54 Å². The zero-order valence-electron chi connectivity index (χ0n) is 11.7. The number of hydrogen-bond acceptors (Lipinski definition) is 3. The number of anilines is 1. The summed E-state index contributed by atoms with van der Waals surface area (Å²) in [6.45, 7) is 5.22. The van der Waals surface area contributed by atoms with Crippen molar-refractivity contribution < 1.29 is 9.53 Å². The lowest BCUT2D eigenvalue weighted by molar-refractivity contribution is -0.138. The highest BCUT2D eigenvalue weighted by Gasteiger charge is 2.62. The molecule has 3 fully saturated rings. The summed E-state index contributed by atoms with van der Waals surface area (Å²) in [7, 11) is 0. The molecule has 1 N–H and O–H groups in total. The minimum Gasteiger partial charge on any atom is -0.375 e. The first-order valence-corrected chi connectivity index (χ1v) is 7.34. The number of piperazine rings is 1. The first-order chi connectivity index (χ1) is 9.51. The number of amides is 1. The molecule has 0 aliphatic carbocycles. The zero-order valence-corrected chi connectivity index (χ0v) is 12.5. The van der Waals surface area contributed by atoms with Crippen molar-refractivity contribution in [2.75, 3.05) is 18.1 Å². The summed E-state index contributed by atoms with van der Waals surface area (Å²) in [5, 5.41) is 3.17. The highest BCUT2D eigenvalue weighted by molar-refractivity contribution is 6.38. The van der Waals surface area contributed by atoms with Gasteiger partial charge in [-0.3, -0.25) is 10.1 Å². The van der Waals surface area contributed by atoms with Crippen molar-refractivity contribution in [3.8, 4) is 0 Å². The number of alkyl halides is 1. The maximum absolute atomic E-state index is 12.9. The monoisotopic (exact) mass is 294 g/mol. The quantitative estimate of drug-likeness (QED) is 0.686. The molecular weight excluding hydrogens is 276 g/mol. The molecule has 3 atom stereocenters. The number of para-hydroxylation sites is 1. The van der Waals surface area contributed by atoms with Gasteiger partial charge in [-0.15, -0.1) is 0 Å². The lowest BCUT2D eigenvalue weighted by atomic mass is 9.78. The summed E-state index contributed by atoms with van der Waals surface area (Å²) in [5.41, 5.74) is 0.580. The number of carbonyl (C=O) groups is 1. The second-order valence-electron chi connectivity index (χ2n) is 5.69. The number of fused-ring (bicyclic) bond motifs is 3. The van der Waals surface area contributed by atoms with Crippen molar-refractivity contribution in [1.82, 2.24) is 5.32 Å². The van der Waals surface area contributed by atoms with Gasteiger partial charge in [0, 0.05) is 25.3 Å². The van der Waals surface area contributed by atoms with Gasteiger partial charge in [-0.05, 0) is 26.0 Å². The molecule has 1 aromatic rings. The SMILES string of the molecule is CCO[C@H]1C[C@]2(C)CN[C@@]1(Cl)C(=O)N2c1ccccc1. The van der Waals surface area contributed by atoms with Crippen LogP contribution in [0.4, 0.5) is 5.69 Å². The van der Waals surface area contributed by atoms with Crippen molar-refractivity contribution in [3.05, 3.63) is 30.3 Å². The highest BCUT2D eigenvalue weighted by Crippen LogP contribution is 2.44. The van der Waals surface area contributed by atoms with Crippen LogP contribution >= 0.6 is 11.6 Å². The minimum atomic E-state index is -1.15. The number of rotatable bonds is 3. The minimum absolute atomic E-state index is 0.121. The van der Waals surface area contributed by atoms with Crippen LogP contribution in [-0.4, -0.2) is 35.7 Å². The number of halogens is 1. The number of ether oxygens (including phenoxy) is 1. The van der Waals surface area contributed by atoms with Crippen LogP contribution in [0.3, 0.4) is 0 Å². The molecule has 0 saturated carbocycles. The molecular formula is C15H19ClN2O2. The van der Waals surface area contributed by atoms with Crippen LogP contribution in [0.5, 0.6) is 0 Å². The average Bonchev–Trinajstić information content (AvgIpc) is 2.43. The number of nitrogens with one attached hydrogen (secondary N) is 1. The predicted molar refractivity (Wildman–Crippen MR) is 79.0 cm³/mol. The van der Waals surface area contributed by atoms with Gasteiger partial charge in [-0.2, -0.15) is 0 Å². The Morgan fingerprint density at radius 3 is 2.80 bits per heavy atom. The Bertz CT molecular complexity index is 524. The topological polar surface area (TPSA) is 41.6 Å². The molecule has 4 rings (SSSR count). The van der Waals surface area contributed by atoms with Crippen LogP contribution in [-0.2, 0) is 9.53 Å². The van der Waals surface area contributed by atoms with Crippen LogP contribution in [0.25, 0.3) is 0 Å². The van der Waals surface area contributed by atoms with Crippen molar-refractivity contribution >= 4 is 23.2 Å². The van der Waals surface area contributed by atoms with Crippen molar-refractivity contribution in [2.45, 2.75) is 36.9 Å². The van der Waals surface area contributed by atoms with E-state index in [1.165, 1.54) is 0 Å². The van der Waals surface area contributed by atoms with Crippen molar-refractivity contribution in [2.24, 2.45) is 0 Å². The lowest BCUT2D eigenvalue weighted by Gasteiger charge is -2.58. The van der Waals surface area contributed by atoms with E-state index >= 15 is 0 Å². The summed E-state index contributed by atoms with van der Waals surface area (Å²) in [4.78, 5) is 13.5. The van der Waals surface area contributed by atoms with E-state index in [4.69, 9.17) is 16.3 Å². The van der Waals surface area contributed by atoms with Gasteiger partial charge in [-0.1, -0.05) is 29.8 Å². The van der Waals surface area contributed by atoms with E-state index in [2.05, 4.69) is 12.2 Å². The summed E-state index contributed by atoms with van der Waals surface area (Å²) in [6, 6.07) is 9.70.